The molecule has 2 aromatic rings. The number of nitrogens with one attached hydrogen (secondary N) is 2. The minimum atomic E-state index is 0. The van der Waals surface area contributed by atoms with Gasteiger partial charge in [-0.15, -0.1) is 40.8 Å². The van der Waals surface area contributed by atoms with E-state index in [1.54, 1.807) is 14.2 Å². The molecule has 1 aromatic carbocycles. The molecule has 1 fully saturated rings. The van der Waals surface area contributed by atoms with E-state index in [0.29, 0.717) is 19.1 Å². The number of aliphatic imine (C=N–C) groups is 1. The number of guanidine groups is 1. The first-order chi connectivity index (χ1) is 15.0. The van der Waals surface area contributed by atoms with Crippen LogP contribution in [0.1, 0.15) is 24.5 Å². The Morgan fingerprint density at radius 1 is 1.19 bits per heavy atom. The van der Waals surface area contributed by atoms with Gasteiger partial charge in [-0.25, -0.2) is 4.99 Å². The van der Waals surface area contributed by atoms with Crippen LogP contribution in [0.3, 0.4) is 0 Å². The van der Waals surface area contributed by atoms with Crippen molar-refractivity contribution in [3.63, 3.8) is 0 Å². The third-order valence-corrected chi connectivity index (χ3v) is 5.51. The molecule has 10 heteroatoms. The summed E-state index contributed by atoms with van der Waals surface area (Å²) in [5.74, 6) is 4.08. The lowest BCUT2D eigenvalue weighted by Gasteiger charge is -2.34. The fourth-order valence-corrected chi connectivity index (χ4v) is 3.51. The summed E-state index contributed by atoms with van der Waals surface area (Å²) in [7, 11) is 5.30. The Labute approximate surface area is 207 Å². The number of anilines is 1. The summed E-state index contributed by atoms with van der Waals surface area (Å²) < 4.78 is 12.8. The summed E-state index contributed by atoms with van der Waals surface area (Å²) in [6.07, 6.45) is 3.82. The molecule has 0 amide bonds. The molecule has 3 rings (SSSR count). The molecular formula is C22H34IN7O2. The van der Waals surface area contributed by atoms with E-state index in [4.69, 9.17) is 14.5 Å². The second kappa shape index (κ2) is 12.5. The predicted octanol–water partition coefficient (Wildman–Crippen LogP) is 2.65. The van der Waals surface area contributed by atoms with Crippen LogP contribution < -0.4 is 25.0 Å². The molecule has 1 saturated heterocycles. The molecule has 1 aromatic heterocycles. The zero-order chi connectivity index (χ0) is 22.2. The van der Waals surface area contributed by atoms with Crippen LogP contribution in [0.15, 0.2) is 35.8 Å². The normalized spacial score (nSPS) is 14.5. The number of hydrogen-bond donors (Lipinski definition) is 2. The molecule has 176 valence electrons. The number of rotatable bonds is 8. The van der Waals surface area contributed by atoms with Gasteiger partial charge >= 0.3 is 0 Å². The Bertz CT molecular complexity index is 885. The van der Waals surface area contributed by atoms with Gasteiger partial charge in [-0.3, -0.25) is 0 Å². The number of methoxy groups -OCH3 is 2. The summed E-state index contributed by atoms with van der Waals surface area (Å²) in [6.45, 7) is 8.70. The molecule has 0 atom stereocenters. The first-order valence-electron chi connectivity index (χ1n) is 10.5. The van der Waals surface area contributed by atoms with Crippen molar-refractivity contribution in [2.75, 3.05) is 38.8 Å². The van der Waals surface area contributed by atoms with E-state index in [9.17, 15) is 0 Å². The maximum absolute atomic E-state index is 5.41. The predicted molar refractivity (Wildman–Crippen MR) is 138 cm³/mol. The van der Waals surface area contributed by atoms with Gasteiger partial charge in [0.25, 0.3) is 0 Å². The lowest BCUT2D eigenvalue weighted by atomic mass is 10.0. The van der Waals surface area contributed by atoms with Crippen LogP contribution in [0.2, 0.25) is 0 Å². The molecule has 0 aliphatic carbocycles. The fraction of sp³-hybridized carbons (Fsp3) is 0.500. The molecule has 9 nitrogen and oxygen atoms in total. The van der Waals surface area contributed by atoms with Gasteiger partial charge in [0.05, 0.1) is 14.2 Å². The van der Waals surface area contributed by atoms with Crippen LogP contribution in [-0.4, -0.2) is 60.6 Å². The number of halogens is 1. The summed E-state index contributed by atoms with van der Waals surface area (Å²) in [6, 6.07) is 6.33. The number of aromatic nitrogens is 3. The summed E-state index contributed by atoms with van der Waals surface area (Å²) >= 11 is 0. The Balaban J connectivity index is 0.00000363. The quantitative estimate of drug-likeness (QED) is 0.224. The Morgan fingerprint density at radius 2 is 1.84 bits per heavy atom. The van der Waals surface area contributed by atoms with Crippen molar-refractivity contribution in [2.24, 2.45) is 12.0 Å². The summed E-state index contributed by atoms with van der Waals surface area (Å²) in [5.41, 5.74) is 1.12. The van der Waals surface area contributed by atoms with E-state index in [-0.39, 0.29) is 24.0 Å². The van der Waals surface area contributed by atoms with Crippen LogP contribution in [0.25, 0.3) is 0 Å². The highest BCUT2D eigenvalue weighted by Gasteiger charge is 2.21. The van der Waals surface area contributed by atoms with Crippen molar-refractivity contribution in [3.05, 3.63) is 42.5 Å². The maximum Gasteiger partial charge on any atom is 0.192 e. The third-order valence-electron chi connectivity index (χ3n) is 5.51. The second-order valence-corrected chi connectivity index (χ2v) is 7.53. The lowest BCUT2D eigenvalue weighted by Crippen LogP contribution is -2.48. The summed E-state index contributed by atoms with van der Waals surface area (Å²) in [5, 5.41) is 15.2. The molecule has 0 bridgehead atoms. The SMILES string of the molecule is C=CCNC(=NCc1nnc(C)n1C)NC1CCN(c2cc(OC)cc(OC)c2)CC1.I. The number of ether oxygens (including phenoxy) is 2. The van der Waals surface area contributed by atoms with Crippen molar-refractivity contribution in [1.82, 2.24) is 25.4 Å². The number of benzene rings is 1. The Morgan fingerprint density at radius 3 is 2.38 bits per heavy atom. The van der Waals surface area contributed by atoms with E-state index >= 15 is 0 Å². The number of aryl methyl sites for hydroxylation is 1. The van der Waals surface area contributed by atoms with Crippen LogP contribution >= 0.6 is 24.0 Å². The van der Waals surface area contributed by atoms with Crippen molar-refractivity contribution in [3.8, 4) is 11.5 Å². The molecule has 2 heterocycles. The molecule has 2 N–H and O–H groups in total. The number of piperidine rings is 1. The molecule has 1 aliphatic rings. The smallest absolute Gasteiger partial charge is 0.192 e. The first-order valence-corrected chi connectivity index (χ1v) is 10.5. The van der Waals surface area contributed by atoms with Gasteiger partial charge < -0.3 is 29.6 Å². The Hall–Kier alpha value is -2.50. The molecule has 0 unspecified atom stereocenters. The zero-order valence-corrected chi connectivity index (χ0v) is 21.6. The van der Waals surface area contributed by atoms with Gasteiger partial charge in [0, 0.05) is 56.6 Å². The van der Waals surface area contributed by atoms with Gasteiger partial charge in [-0.1, -0.05) is 6.08 Å². The third kappa shape index (κ3) is 6.75. The van der Waals surface area contributed by atoms with Crippen LogP contribution in [0, 0.1) is 6.92 Å². The topological polar surface area (TPSA) is 88.8 Å². The van der Waals surface area contributed by atoms with Crippen LogP contribution in [0.5, 0.6) is 11.5 Å². The molecule has 1 aliphatic heterocycles. The lowest BCUT2D eigenvalue weighted by molar-refractivity contribution is 0.393. The van der Waals surface area contributed by atoms with E-state index in [0.717, 1.165) is 60.7 Å². The zero-order valence-electron chi connectivity index (χ0n) is 19.3. The highest BCUT2D eigenvalue weighted by Crippen LogP contribution is 2.30. The van der Waals surface area contributed by atoms with Gasteiger partial charge in [0.15, 0.2) is 11.8 Å². The van der Waals surface area contributed by atoms with Crippen LogP contribution in [0.4, 0.5) is 5.69 Å². The Kier molecular flexibility index (Phi) is 10.1. The van der Waals surface area contributed by atoms with E-state index in [1.807, 2.05) is 30.7 Å². The van der Waals surface area contributed by atoms with E-state index in [2.05, 4.69) is 44.4 Å². The molecule has 0 radical (unpaired) electrons. The maximum atomic E-state index is 5.41. The highest BCUT2D eigenvalue weighted by molar-refractivity contribution is 14.0. The standard InChI is InChI=1S/C22H33N7O2.HI/c1-6-9-23-22(24-15-21-27-26-16(2)28(21)3)25-17-7-10-29(11-8-17)18-12-19(30-4)14-20(13-18)31-5;/h6,12-14,17H,1,7-11,15H2,2-5H3,(H2,23,24,25);1H. The average Bonchev–Trinajstić information content (AvgIpc) is 3.13. The molecular weight excluding hydrogens is 521 g/mol. The van der Waals surface area contributed by atoms with Gasteiger partial charge in [0.2, 0.25) is 0 Å². The monoisotopic (exact) mass is 555 g/mol. The molecule has 32 heavy (non-hydrogen) atoms. The van der Waals surface area contributed by atoms with Gasteiger partial charge in [0.1, 0.15) is 23.9 Å². The van der Waals surface area contributed by atoms with Crippen molar-refractivity contribution < 1.29 is 9.47 Å². The van der Waals surface area contributed by atoms with Gasteiger partial charge in [-0.05, 0) is 19.8 Å². The van der Waals surface area contributed by atoms with Gasteiger partial charge in [-0.2, -0.15) is 0 Å². The largest absolute Gasteiger partial charge is 0.497 e. The minimum Gasteiger partial charge on any atom is -0.497 e. The molecule has 0 saturated carbocycles. The minimum absolute atomic E-state index is 0. The van der Waals surface area contributed by atoms with E-state index < -0.39 is 0 Å². The van der Waals surface area contributed by atoms with E-state index in [1.165, 1.54) is 0 Å². The van der Waals surface area contributed by atoms with Crippen molar-refractivity contribution >= 4 is 35.6 Å². The highest BCUT2D eigenvalue weighted by atomic mass is 127. The second-order valence-electron chi connectivity index (χ2n) is 7.53. The van der Waals surface area contributed by atoms with Crippen LogP contribution in [-0.2, 0) is 13.6 Å². The fourth-order valence-electron chi connectivity index (χ4n) is 3.51. The van der Waals surface area contributed by atoms with Crippen molar-refractivity contribution in [1.29, 1.82) is 0 Å². The first kappa shape index (κ1) is 25.8. The molecule has 0 spiro atoms. The average molecular weight is 555 g/mol. The number of hydrogen-bond acceptors (Lipinski definition) is 6. The van der Waals surface area contributed by atoms with Crippen molar-refractivity contribution in [2.45, 2.75) is 32.4 Å². The summed E-state index contributed by atoms with van der Waals surface area (Å²) in [4.78, 5) is 7.06. The number of nitrogens with zero attached hydrogens (tertiary/aromatic N) is 5.